The van der Waals surface area contributed by atoms with Gasteiger partial charge in [-0.05, 0) is 41.3 Å². The van der Waals surface area contributed by atoms with Crippen LogP contribution in [0.4, 0.5) is 0 Å². The molecule has 3 rings (SSSR count). The second-order valence-corrected chi connectivity index (χ2v) is 7.21. The average Bonchev–Trinajstić information content (AvgIpc) is 2.87. The lowest BCUT2D eigenvalue weighted by atomic mass is 10.3. The Kier molecular flexibility index (Phi) is 3.23. The molecule has 3 aromatic heterocycles. The van der Waals surface area contributed by atoms with E-state index >= 15 is 0 Å². The van der Waals surface area contributed by atoms with Gasteiger partial charge in [0.05, 0.1) is 29.6 Å². The molecule has 3 heterocycles. The number of hydrogen-bond donors (Lipinski definition) is 0. The first kappa shape index (κ1) is 12.9. The Morgan fingerprint density at radius 1 is 1.37 bits per heavy atom. The number of fused-ring (bicyclic) bond motifs is 1. The molecular formula is C11H9BrN4OS2. The number of aryl methyl sites for hydroxylation is 2. The van der Waals surface area contributed by atoms with Crippen molar-refractivity contribution >= 4 is 49.0 Å². The monoisotopic (exact) mass is 356 g/mol. The minimum Gasteiger partial charge on any atom is -0.293 e. The second-order valence-electron chi connectivity index (χ2n) is 4.10. The third-order valence-corrected chi connectivity index (χ3v) is 5.26. The van der Waals surface area contributed by atoms with Crippen LogP contribution in [0.1, 0.15) is 16.3 Å². The summed E-state index contributed by atoms with van der Waals surface area (Å²) in [6.07, 6.45) is 1.58. The molecule has 0 aliphatic carbocycles. The standard InChI is InChI=1S/C11H9BrN4OS2/c1-5-7(18-11(12)14-5)3-16-4-13-9-8(10(16)17)6(2)15-19-9/h4H,3H2,1-2H3. The van der Waals surface area contributed by atoms with Crippen LogP contribution in [0.2, 0.25) is 0 Å². The highest BCUT2D eigenvalue weighted by Gasteiger charge is 2.12. The van der Waals surface area contributed by atoms with Gasteiger partial charge < -0.3 is 0 Å². The molecular weight excluding hydrogens is 348 g/mol. The van der Waals surface area contributed by atoms with E-state index in [1.54, 1.807) is 10.9 Å². The zero-order chi connectivity index (χ0) is 13.6. The van der Waals surface area contributed by atoms with Crippen molar-refractivity contribution in [3.8, 4) is 0 Å². The topological polar surface area (TPSA) is 60.7 Å². The predicted molar refractivity (Wildman–Crippen MR) is 80.1 cm³/mol. The summed E-state index contributed by atoms with van der Waals surface area (Å²) in [5.74, 6) is 0. The van der Waals surface area contributed by atoms with Crippen molar-refractivity contribution in [2.45, 2.75) is 20.4 Å². The highest BCUT2D eigenvalue weighted by molar-refractivity contribution is 9.11. The summed E-state index contributed by atoms with van der Waals surface area (Å²) in [5, 5.41) is 0.619. The molecule has 0 saturated carbocycles. The summed E-state index contributed by atoms with van der Waals surface area (Å²) in [5.41, 5.74) is 1.64. The molecule has 0 radical (unpaired) electrons. The van der Waals surface area contributed by atoms with Crippen molar-refractivity contribution in [2.24, 2.45) is 0 Å². The lowest BCUT2D eigenvalue weighted by Crippen LogP contribution is -2.21. The fraction of sp³-hybridized carbons (Fsp3) is 0.273. The van der Waals surface area contributed by atoms with Crippen molar-refractivity contribution < 1.29 is 0 Å². The zero-order valence-corrected chi connectivity index (χ0v) is 13.4. The summed E-state index contributed by atoms with van der Waals surface area (Å²) < 4.78 is 6.61. The van der Waals surface area contributed by atoms with Crippen molar-refractivity contribution in [1.82, 2.24) is 18.9 Å². The van der Waals surface area contributed by atoms with E-state index in [-0.39, 0.29) is 5.56 Å². The molecule has 0 amide bonds. The number of rotatable bonds is 2. The summed E-state index contributed by atoms with van der Waals surface area (Å²) >= 11 is 6.15. The van der Waals surface area contributed by atoms with E-state index in [2.05, 4.69) is 30.3 Å². The minimum atomic E-state index is -0.0415. The maximum absolute atomic E-state index is 12.4. The highest BCUT2D eigenvalue weighted by atomic mass is 79.9. The Morgan fingerprint density at radius 3 is 2.84 bits per heavy atom. The van der Waals surface area contributed by atoms with Crippen LogP contribution in [-0.2, 0) is 6.54 Å². The Bertz CT molecular complexity index is 820. The van der Waals surface area contributed by atoms with E-state index in [9.17, 15) is 4.79 Å². The fourth-order valence-corrected chi connectivity index (χ4v) is 4.19. The maximum atomic E-state index is 12.4. The summed E-state index contributed by atoms with van der Waals surface area (Å²) in [7, 11) is 0. The van der Waals surface area contributed by atoms with E-state index in [4.69, 9.17) is 0 Å². The molecule has 0 fully saturated rings. The van der Waals surface area contributed by atoms with Gasteiger partial charge in [-0.15, -0.1) is 11.3 Å². The molecule has 0 unspecified atom stereocenters. The summed E-state index contributed by atoms with van der Waals surface area (Å²) in [4.78, 5) is 22.7. The molecule has 98 valence electrons. The van der Waals surface area contributed by atoms with Gasteiger partial charge in [0.25, 0.3) is 5.56 Å². The molecule has 3 aromatic rings. The molecule has 19 heavy (non-hydrogen) atoms. The van der Waals surface area contributed by atoms with Crippen molar-refractivity contribution in [1.29, 1.82) is 0 Å². The Hall–Kier alpha value is -1.12. The fourth-order valence-electron chi connectivity index (χ4n) is 1.82. The van der Waals surface area contributed by atoms with Gasteiger partial charge in [-0.2, -0.15) is 4.37 Å². The molecule has 5 nitrogen and oxygen atoms in total. The van der Waals surface area contributed by atoms with Crippen LogP contribution in [0.3, 0.4) is 0 Å². The van der Waals surface area contributed by atoms with E-state index < -0.39 is 0 Å². The number of thiazole rings is 1. The molecule has 0 aliphatic rings. The smallest absolute Gasteiger partial charge is 0.264 e. The Labute approximate surface area is 125 Å². The molecule has 0 N–H and O–H groups in total. The van der Waals surface area contributed by atoms with E-state index in [1.165, 1.54) is 22.9 Å². The van der Waals surface area contributed by atoms with E-state index in [1.807, 2.05) is 13.8 Å². The second kappa shape index (κ2) is 4.77. The first-order valence-corrected chi connectivity index (χ1v) is 7.88. The minimum absolute atomic E-state index is 0.0415. The summed E-state index contributed by atoms with van der Waals surface area (Å²) in [6, 6.07) is 0. The van der Waals surface area contributed by atoms with Crippen LogP contribution in [0, 0.1) is 13.8 Å². The maximum Gasteiger partial charge on any atom is 0.264 e. The number of nitrogens with zero attached hydrogens (tertiary/aromatic N) is 4. The van der Waals surface area contributed by atoms with Crippen molar-refractivity contribution in [3.05, 3.63) is 36.9 Å². The lowest BCUT2D eigenvalue weighted by Gasteiger charge is -2.03. The van der Waals surface area contributed by atoms with Gasteiger partial charge >= 0.3 is 0 Å². The van der Waals surface area contributed by atoms with Crippen molar-refractivity contribution in [2.75, 3.05) is 0 Å². The largest absolute Gasteiger partial charge is 0.293 e. The zero-order valence-electron chi connectivity index (χ0n) is 10.2. The van der Waals surface area contributed by atoms with Gasteiger partial charge in [-0.3, -0.25) is 9.36 Å². The molecule has 0 atom stereocenters. The first-order chi connectivity index (χ1) is 9.06. The highest BCUT2D eigenvalue weighted by Crippen LogP contribution is 2.23. The van der Waals surface area contributed by atoms with Crippen LogP contribution in [0.25, 0.3) is 10.2 Å². The van der Waals surface area contributed by atoms with Crippen LogP contribution in [0.5, 0.6) is 0 Å². The van der Waals surface area contributed by atoms with E-state index in [0.717, 1.165) is 20.2 Å². The predicted octanol–water partition coefficient (Wildman–Crippen LogP) is 2.74. The normalized spacial score (nSPS) is 11.3. The quantitative estimate of drug-likeness (QED) is 0.708. The van der Waals surface area contributed by atoms with E-state index in [0.29, 0.717) is 16.8 Å². The van der Waals surface area contributed by atoms with Gasteiger partial charge in [0.15, 0.2) is 8.75 Å². The molecule has 0 aliphatic heterocycles. The molecule has 0 bridgehead atoms. The average molecular weight is 357 g/mol. The van der Waals surface area contributed by atoms with Gasteiger partial charge in [0.1, 0.15) is 0 Å². The van der Waals surface area contributed by atoms with Gasteiger partial charge in [0, 0.05) is 4.88 Å². The third kappa shape index (κ3) is 2.24. The Balaban J connectivity index is 2.11. The van der Waals surface area contributed by atoms with Gasteiger partial charge in [0.2, 0.25) is 0 Å². The van der Waals surface area contributed by atoms with Crippen LogP contribution >= 0.6 is 38.8 Å². The SMILES string of the molecule is Cc1nc(Br)sc1Cn1cnc2snc(C)c2c1=O. The van der Waals surface area contributed by atoms with Gasteiger partial charge in [-0.25, -0.2) is 9.97 Å². The summed E-state index contributed by atoms with van der Waals surface area (Å²) in [6.45, 7) is 4.26. The number of aromatic nitrogens is 4. The molecule has 0 saturated heterocycles. The van der Waals surface area contributed by atoms with Gasteiger partial charge in [-0.1, -0.05) is 0 Å². The number of hydrogen-bond acceptors (Lipinski definition) is 6. The molecule has 0 aromatic carbocycles. The number of halogens is 1. The van der Waals surface area contributed by atoms with Crippen LogP contribution in [-0.4, -0.2) is 18.9 Å². The van der Waals surface area contributed by atoms with Crippen molar-refractivity contribution in [3.63, 3.8) is 0 Å². The third-order valence-electron chi connectivity index (χ3n) is 2.81. The lowest BCUT2D eigenvalue weighted by molar-refractivity contribution is 0.753. The Morgan fingerprint density at radius 2 is 2.16 bits per heavy atom. The first-order valence-electron chi connectivity index (χ1n) is 5.49. The van der Waals surface area contributed by atoms with Crippen LogP contribution < -0.4 is 5.56 Å². The molecule has 0 spiro atoms. The van der Waals surface area contributed by atoms with Crippen LogP contribution in [0.15, 0.2) is 15.0 Å². The molecule has 8 heteroatoms.